The molecule has 7 heteroatoms. The van der Waals surface area contributed by atoms with Crippen LogP contribution in [0.3, 0.4) is 0 Å². The number of aromatic nitrogens is 2. The molecule has 3 rings (SSSR count). The van der Waals surface area contributed by atoms with Gasteiger partial charge in [-0.2, -0.15) is 0 Å². The number of hydrogen-bond donors (Lipinski definition) is 2. The average Bonchev–Trinajstić information content (AvgIpc) is 3.11. The number of halogens is 1. The molecule has 0 fully saturated rings. The van der Waals surface area contributed by atoms with Gasteiger partial charge in [0, 0.05) is 13.2 Å². The highest BCUT2D eigenvalue weighted by molar-refractivity contribution is 7.19. The fraction of sp³-hybridized carbons (Fsp3) is 0.200. The lowest BCUT2D eigenvalue weighted by molar-refractivity contribution is 0.0842. The molecule has 2 heterocycles. The highest BCUT2D eigenvalue weighted by atomic mass is 32.1. The molecule has 0 radical (unpaired) electrons. The quantitative estimate of drug-likeness (QED) is 0.570. The first-order chi connectivity index (χ1) is 13.2. The van der Waals surface area contributed by atoms with Crippen molar-refractivity contribution in [2.75, 3.05) is 25.6 Å². The number of benzene rings is 1. The molecule has 5 nitrogen and oxygen atoms in total. The topological polar surface area (TPSA) is 67.3 Å². The molecule has 0 spiro atoms. The summed E-state index contributed by atoms with van der Waals surface area (Å²) in [6, 6.07) is 9.37. The lowest BCUT2D eigenvalue weighted by Crippen LogP contribution is -2.19. The second-order valence-electron chi connectivity index (χ2n) is 5.75. The Bertz CT molecular complexity index is 938. The number of nitrogens with zero attached hydrogens (tertiary/aromatic N) is 2. The summed E-state index contributed by atoms with van der Waals surface area (Å²) in [6.07, 6.45) is 8.47. The fourth-order valence-corrected chi connectivity index (χ4v) is 3.19. The van der Waals surface area contributed by atoms with Gasteiger partial charge < -0.3 is 15.2 Å². The molecule has 27 heavy (non-hydrogen) atoms. The Labute approximate surface area is 160 Å². The lowest BCUT2D eigenvalue weighted by atomic mass is 10.2. The number of anilines is 1. The molecule has 1 aromatic carbocycles. The predicted molar refractivity (Wildman–Crippen MR) is 109 cm³/mol. The second-order valence-corrected chi connectivity index (χ2v) is 6.81. The van der Waals surface area contributed by atoms with Gasteiger partial charge >= 0.3 is 0 Å². The Hall–Kier alpha value is -2.77. The van der Waals surface area contributed by atoms with E-state index in [1.807, 2.05) is 55.6 Å². The van der Waals surface area contributed by atoms with Crippen molar-refractivity contribution in [3.8, 4) is 5.75 Å². The van der Waals surface area contributed by atoms with Crippen LogP contribution in [0.2, 0.25) is 0 Å². The van der Waals surface area contributed by atoms with E-state index in [2.05, 4.69) is 15.3 Å². The average molecular weight is 385 g/mol. The van der Waals surface area contributed by atoms with Crippen molar-refractivity contribution in [1.82, 2.24) is 9.97 Å². The number of allylic oxidation sites excluding steroid dienone is 2. The molecule has 0 amide bonds. The van der Waals surface area contributed by atoms with Gasteiger partial charge in [-0.15, -0.1) is 11.3 Å². The molecule has 3 aromatic rings. The summed E-state index contributed by atoms with van der Waals surface area (Å²) in [7, 11) is 1.83. The van der Waals surface area contributed by atoms with Gasteiger partial charge in [0.05, 0.1) is 10.2 Å². The summed E-state index contributed by atoms with van der Waals surface area (Å²) in [5.41, 5.74) is 1.88. The molecule has 2 aromatic heterocycles. The highest BCUT2D eigenvalue weighted by Crippen LogP contribution is 2.27. The molecule has 0 aliphatic heterocycles. The van der Waals surface area contributed by atoms with Gasteiger partial charge in [-0.3, -0.25) is 0 Å². The smallest absolute Gasteiger partial charge is 0.125 e. The third-order valence-corrected chi connectivity index (χ3v) is 4.66. The third kappa shape index (κ3) is 5.35. The van der Waals surface area contributed by atoms with Gasteiger partial charge in [-0.05, 0) is 42.0 Å². The summed E-state index contributed by atoms with van der Waals surface area (Å²) < 4.78 is 18.6. The van der Waals surface area contributed by atoms with Gasteiger partial charge in [-0.25, -0.2) is 14.4 Å². The molecule has 1 unspecified atom stereocenters. The number of alkyl halides is 1. The van der Waals surface area contributed by atoms with E-state index in [0.717, 1.165) is 26.6 Å². The fourth-order valence-electron chi connectivity index (χ4n) is 2.28. The number of fused-ring (bicyclic) bond motifs is 1. The van der Waals surface area contributed by atoms with Crippen LogP contribution in [0.25, 0.3) is 22.4 Å². The molecular weight excluding hydrogens is 365 g/mol. The van der Waals surface area contributed by atoms with Crippen LogP contribution in [0.5, 0.6) is 5.75 Å². The lowest BCUT2D eigenvalue weighted by Gasteiger charge is -2.08. The zero-order chi connectivity index (χ0) is 19.1. The maximum Gasteiger partial charge on any atom is 0.125 e. The number of rotatable bonds is 8. The molecule has 0 aliphatic rings. The second kappa shape index (κ2) is 9.25. The monoisotopic (exact) mass is 385 g/mol. The van der Waals surface area contributed by atoms with E-state index in [-0.39, 0.29) is 6.61 Å². The number of pyridine rings is 1. The van der Waals surface area contributed by atoms with Crippen molar-refractivity contribution in [3.05, 3.63) is 59.3 Å². The maximum absolute atomic E-state index is 12.3. The molecule has 1 atom stereocenters. The van der Waals surface area contributed by atoms with E-state index in [1.54, 1.807) is 12.3 Å². The summed E-state index contributed by atoms with van der Waals surface area (Å²) in [6.45, 7) is -0.885. The van der Waals surface area contributed by atoms with Crippen molar-refractivity contribution in [1.29, 1.82) is 0 Å². The van der Waals surface area contributed by atoms with Crippen LogP contribution in [-0.2, 0) is 0 Å². The van der Waals surface area contributed by atoms with Crippen molar-refractivity contribution in [3.63, 3.8) is 0 Å². The highest BCUT2D eigenvalue weighted by Gasteiger charge is 2.06. The predicted octanol–water partition coefficient (Wildman–Crippen LogP) is 4.17. The van der Waals surface area contributed by atoms with Crippen molar-refractivity contribution >= 4 is 39.5 Å². The van der Waals surface area contributed by atoms with Gasteiger partial charge in [0.25, 0.3) is 0 Å². The van der Waals surface area contributed by atoms with E-state index in [9.17, 15) is 9.50 Å². The number of hydrogen-bond acceptors (Lipinski definition) is 6. The number of aliphatic hydroxyl groups excluding tert-OH is 1. The molecule has 2 N–H and O–H groups in total. The third-order valence-electron chi connectivity index (χ3n) is 3.68. The van der Waals surface area contributed by atoms with Gasteiger partial charge in [0.2, 0.25) is 0 Å². The van der Waals surface area contributed by atoms with Crippen LogP contribution < -0.4 is 10.1 Å². The normalized spacial score (nSPS) is 12.9. The Kier molecular flexibility index (Phi) is 6.51. The maximum atomic E-state index is 12.3. The number of nitrogens with one attached hydrogen (secondary N) is 1. The SMILES string of the molecule is CNc1ccc(/C=C/C=C/c2nc3ccc(OCC(O)CF)cc3s2)cn1. The molecule has 0 saturated heterocycles. The summed E-state index contributed by atoms with van der Waals surface area (Å²) in [5, 5.41) is 13.1. The first-order valence-electron chi connectivity index (χ1n) is 8.44. The van der Waals surface area contributed by atoms with Crippen LogP contribution in [0.1, 0.15) is 10.6 Å². The van der Waals surface area contributed by atoms with E-state index in [0.29, 0.717) is 5.75 Å². The van der Waals surface area contributed by atoms with Crippen LogP contribution >= 0.6 is 11.3 Å². The van der Waals surface area contributed by atoms with Crippen LogP contribution in [-0.4, -0.2) is 41.5 Å². The Morgan fingerprint density at radius 2 is 2.11 bits per heavy atom. The standard InChI is InChI=1S/C20H20FN3O2S/c1-22-19-9-6-14(12-23-19)4-2-3-5-20-24-17-8-7-16(10-18(17)27-20)26-13-15(25)11-21/h2-10,12,15,25H,11,13H2,1H3,(H,22,23)/b4-2+,5-3+. The van der Waals surface area contributed by atoms with E-state index < -0.39 is 12.8 Å². The number of thiazole rings is 1. The minimum absolute atomic E-state index is 0.0669. The van der Waals surface area contributed by atoms with Crippen molar-refractivity contribution in [2.24, 2.45) is 0 Å². The minimum atomic E-state index is -1.10. The molecule has 140 valence electrons. The molecule has 0 aliphatic carbocycles. The van der Waals surface area contributed by atoms with E-state index in [4.69, 9.17) is 4.74 Å². The summed E-state index contributed by atoms with van der Waals surface area (Å²) >= 11 is 1.53. The first kappa shape index (κ1) is 19.0. The Morgan fingerprint density at radius 1 is 1.26 bits per heavy atom. The van der Waals surface area contributed by atoms with Crippen molar-refractivity contribution < 1.29 is 14.2 Å². The first-order valence-corrected chi connectivity index (χ1v) is 9.25. The zero-order valence-electron chi connectivity index (χ0n) is 14.8. The van der Waals surface area contributed by atoms with Gasteiger partial charge in [0.1, 0.15) is 36.0 Å². The molecule has 0 saturated carbocycles. The molecule has 0 bridgehead atoms. The van der Waals surface area contributed by atoms with Crippen molar-refractivity contribution in [2.45, 2.75) is 6.10 Å². The minimum Gasteiger partial charge on any atom is -0.491 e. The van der Waals surface area contributed by atoms with Gasteiger partial charge in [-0.1, -0.05) is 18.2 Å². The number of ether oxygens (including phenoxy) is 1. The zero-order valence-corrected chi connectivity index (χ0v) is 15.6. The van der Waals surface area contributed by atoms with Crippen LogP contribution in [0.4, 0.5) is 10.2 Å². The van der Waals surface area contributed by atoms with E-state index in [1.165, 1.54) is 11.3 Å². The van der Waals surface area contributed by atoms with Crippen LogP contribution in [0, 0.1) is 0 Å². The van der Waals surface area contributed by atoms with Gasteiger partial charge in [0.15, 0.2) is 0 Å². The molecular formula is C20H20FN3O2S. The van der Waals surface area contributed by atoms with Crippen LogP contribution in [0.15, 0.2) is 48.7 Å². The largest absolute Gasteiger partial charge is 0.491 e. The Balaban J connectivity index is 1.63. The Morgan fingerprint density at radius 3 is 2.85 bits per heavy atom. The van der Waals surface area contributed by atoms with E-state index >= 15 is 0 Å². The summed E-state index contributed by atoms with van der Waals surface area (Å²) in [4.78, 5) is 8.80. The summed E-state index contributed by atoms with van der Waals surface area (Å²) in [5.74, 6) is 1.42. The number of aliphatic hydroxyl groups is 1.